The summed E-state index contributed by atoms with van der Waals surface area (Å²) < 4.78 is 10.7. The van der Waals surface area contributed by atoms with Gasteiger partial charge in [-0.1, -0.05) is 18.2 Å². The maximum Gasteiger partial charge on any atom is 0.265 e. The highest BCUT2D eigenvalue weighted by molar-refractivity contribution is 7.12. The molecule has 1 aliphatic carbocycles. The van der Waals surface area contributed by atoms with E-state index in [-0.39, 0.29) is 23.9 Å². The quantitative estimate of drug-likeness (QED) is 0.464. The van der Waals surface area contributed by atoms with Crippen molar-refractivity contribution in [3.8, 4) is 11.5 Å². The Labute approximate surface area is 209 Å². The van der Waals surface area contributed by atoms with Crippen LogP contribution >= 0.6 is 11.3 Å². The molecule has 1 aliphatic rings. The number of amides is 2. The summed E-state index contributed by atoms with van der Waals surface area (Å²) >= 11 is 1.40. The molecule has 1 aromatic heterocycles. The number of rotatable bonds is 8. The molecule has 0 radical (unpaired) electrons. The molecule has 7 nitrogen and oxygen atoms in total. The minimum atomic E-state index is -0.142. The molecule has 1 fully saturated rings. The highest BCUT2D eigenvalue weighted by atomic mass is 32.1. The van der Waals surface area contributed by atoms with Gasteiger partial charge in [-0.15, -0.1) is 11.3 Å². The van der Waals surface area contributed by atoms with Gasteiger partial charge in [0.1, 0.15) is 0 Å². The number of hydrogen-bond acceptors (Lipinski definition) is 6. The van der Waals surface area contributed by atoms with Gasteiger partial charge in [-0.25, -0.2) is 0 Å². The first kappa shape index (κ1) is 24.8. The third-order valence-electron chi connectivity index (χ3n) is 6.36. The zero-order chi connectivity index (χ0) is 24.8. The summed E-state index contributed by atoms with van der Waals surface area (Å²) in [5, 5.41) is 4.83. The number of hydrogen-bond donors (Lipinski definition) is 2. The van der Waals surface area contributed by atoms with Crippen LogP contribution in [0.25, 0.3) is 0 Å². The summed E-state index contributed by atoms with van der Waals surface area (Å²) in [5.74, 6) is 0.881. The van der Waals surface area contributed by atoms with Crippen LogP contribution in [0.15, 0.2) is 60.0 Å². The number of nitrogens with two attached hydrogens (primary N) is 1. The van der Waals surface area contributed by atoms with E-state index in [9.17, 15) is 9.59 Å². The van der Waals surface area contributed by atoms with E-state index in [2.05, 4.69) is 5.32 Å². The summed E-state index contributed by atoms with van der Waals surface area (Å²) in [7, 11) is 3.13. The van der Waals surface area contributed by atoms with E-state index in [4.69, 9.17) is 15.2 Å². The van der Waals surface area contributed by atoms with Crippen LogP contribution in [0.2, 0.25) is 0 Å². The molecule has 184 valence electrons. The maximum absolute atomic E-state index is 13.7. The van der Waals surface area contributed by atoms with Crippen LogP contribution in [0.4, 0.5) is 5.69 Å². The maximum atomic E-state index is 13.7. The van der Waals surface area contributed by atoms with Crippen molar-refractivity contribution in [1.29, 1.82) is 0 Å². The second kappa shape index (κ2) is 11.4. The summed E-state index contributed by atoms with van der Waals surface area (Å²) in [6.45, 7) is 0.426. The lowest BCUT2D eigenvalue weighted by Crippen LogP contribution is -2.43. The van der Waals surface area contributed by atoms with Gasteiger partial charge in [-0.05, 0) is 73.0 Å². The Hall–Kier alpha value is -3.36. The van der Waals surface area contributed by atoms with Gasteiger partial charge in [0.2, 0.25) is 0 Å². The van der Waals surface area contributed by atoms with Crippen LogP contribution < -0.4 is 20.5 Å². The van der Waals surface area contributed by atoms with E-state index in [1.54, 1.807) is 38.5 Å². The van der Waals surface area contributed by atoms with Gasteiger partial charge in [-0.2, -0.15) is 0 Å². The molecule has 35 heavy (non-hydrogen) atoms. The van der Waals surface area contributed by atoms with Crippen molar-refractivity contribution in [1.82, 2.24) is 4.90 Å². The van der Waals surface area contributed by atoms with Gasteiger partial charge >= 0.3 is 0 Å². The van der Waals surface area contributed by atoms with Crippen LogP contribution in [0.5, 0.6) is 11.5 Å². The van der Waals surface area contributed by atoms with Crippen LogP contribution in [-0.4, -0.2) is 43.0 Å². The van der Waals surface area contributed by atoms with E-state index >= 15 is 0 Å². The minimum absolute atomic E-state index is 0.0700. The molecule has 8 heteroatoms. The second-order valence-corrected chi connectivity index (χ2v) is 9.65. The molecule has 3 aromatic rings. The highest BCUT2D eigenvalue weighted by Gasteiger charge is 2.29. The predicted molar refractivity (Wildman–Crippen MR) is 138 cm³/mol. The number of thiophene rings is 1. The minimum Gasteiger partial charge on any atom is -0.493 e. The molecule has 0 aliphatic heterocycles. The Morgan fingerprint density at radius 3 is 2.46 bits per heavy atom. The molecule has 1 saturated carbocycles. The van der Waals surface area contributed by atoms with Crippen molar-refractivity contribution in [3.63, 3.8) is 0 Å². The molecule has 2 amide bonds. The molecule has 0 spiro atoms. The Morgan fingerprint density at radius 1 is 1.00 bits per heavy atom. The lowest BCUT2D eigenvalue weighted by Gasteiger charge is -2.36. The zero-order valence-corrected chi connectivity index (χ0v) is 20.8. The van der Waals surface area contributed by atoms with Crippen molar-refractivity contribution >= 4 is 28.8 Å². The summed E-state index contributed by atoms with van der Waals surface area (Å²) in [4.78, 5) is 28.8. The van der Waals surface area contributed by atoms with Crippen LogP contribution in [-0.2, 0) is 6.54 Å². The predicted octanol–water partition coefficient (Wildman–Crippen LogP) is 4.93. The van der Waals surface area contributed by atoms with E-state index in [0.717, 1.165) is 31.2 Å². The third-order valence-corrected chi connectivity index (χ3v) is 7.22. The smallest absolute Gasteiger partial charge is 0.265 e. The molecule has 4 rings (SSSR count). The number of anilines is 1. The van der Waals surface area contributed by atoms with Crippen molar-refractivity contribution in [3.05, 3.63) is 76.0 Å². The normalized spacial score (nSPS) is 17.5. The van der Waals surface area contributed by atoms with Crippen LogP contribution in [0.3, 0.4) is 0 Å². The van der Waals surface area contributed by atoms with E-state index < -0.39 is 0 Å². The number of carbonyl (C=O) groups excluding carboxylic acids is 2. The fraction of sp³-hybridized carbons (Fsp3) is 0.333. The van der Waals surface area contributed by atoms with Gasteiger partial charge in [0, 0.05) is 29.9 Å². The summed E-state index contributed by atoms with van der Waals surface area (Å²) in [6, 6.07) is 16.8. The van der Waals surface area contributed by atoms with E-state index in [0.29, 0.717) is 34.2 Å². The lowest BCUT2D eigenvalue weighted by molar-refractivity contribution is 0.0606. The summed E-state index contributed by atoms with van der Waals surface area (Å²) in [6.07, 6.45) is 3.48. The number of ether oxygens (including phenoxy) is 2. The lowest BCUT2D eigenvalue weighted by atomic mass is 9.90. The largest absolute Gasteiger partial charge is 0.493 e. The van der Waals surface area contributed by atoms with Crippen molar-refractivity contribution < 1.29 is 19.1 Å². The Morgan fingerprint density at radius 2 is 1.77 bits per heavy atom. The Bertz CT molecular complexity index is 1160. The van der Waals surface area contributed by atoms with Gasteiger partial charge in [0.25, 0.3) is 11.8 Å². The second-order valence-electron chi connectivity index (χ2n) is 8.70. The van der Waals surface area contributed by atoms with Crippen LogP contribution in [0.1, 0.15) is 51.3 Å². The van der Waals surface area contributed by atoms with Gasteiger partial charge in [0.15, 0.2) is 11.5 Å². The third kappa shape index (κ3) is 6.01. The van der Waals surface area contributed by atoms with Gasteiger partial charge in [0.05, 0.1) is 19.1 Å². The SMILES string of the molecule is COc1ccc(C(=O)N(Cc2cccc(NC(=O)c3cccs3)c2)C2CCC(N)CC2)cc1OC. The first-order chi connectivity index (χ1) is 17.0. The van der Waals surface area contributed by atoms with Crippen molar-refractivity contribution in [2.75, 3.05) is 19.5 Å². The molecule has 0 bridgehead atoms. The highest BCUT2D eigenvalue weighted by Crippen LogP contribution is 2.31. The summed E-state index contributed by atoms with van der Waals surface area (Å²) in [5.41, 5.74) is 8.32. The molecule has 1 heterocycles. The van der Waals surface area contributed by atoms with Gasteiger partial charge in [-0.3, -0.25) is 9.59 Å². The molecule has 0 saturated heterocycles. The average molecular weight is 494 g/mol. The first-order valence-corrected chi connectivity index (χ1v) is 12.6. The number of nitrogens with one attached hydrogen (secondary N) is 1. The molecule has 3 N–H and O–H groups in total. The van der Waals surface area contributed by atoms with Crippen molar-refractivity contribution in [2.24, 2.45) is 5.73 Å². The number of benzene rings is 2. The zero-order valence-electron chi connectivity index (χ0n) is 20.0. The number of carbonyl (C=O) groups is 2. The average Bonchev–Trinajstić information content (AvgIpc) is 3.43. The van der Waals surface area contributed by atoms with E-state index in [1.165, 1.54) is 11.3 Å². The molecule has 0 unspecified atom stereocenters. The Kier molecular flexibility index (Phi) is 8.05. The molecule has 2 aromatic carbocycles. The fourth-order valence-corrected chi connectivity index (χ4v) is 5.08. The van der Waals surface area contributed by atoms with E-state index in [1.807, 2.05) is 40.6 Å². The number of nitrogens with zero attached hydrogens (tertiary/aromatic N) is 1. The molecule has 0 atom stereocenters. The first-order valence-electron chi connectivity index (χ1n) is 11.7. The Balaban J connectivity index is 1.58. The fourth-order valence-electron chi connectivity index (χ4n) is 4.46. The topological polar surface area (TPSA) is 93.9 Å². The molecular formula is C27H31N3O4S. The van der Waals surface area contributed by atoms with Crippen molar-refractivity contribution in [2.45, 2.75) is 44.3 Å². The molecular weight excluding hydrogens is 462 g/mol. The standard InChI is InChI=1S/C27H31N3O4S/c1-33-23-13-8-19(16-24(23)34-2)27(32)30(22-11-9-20(28)10-12-22)17-18-5-3-6-21(15-18)29-26(31)25-7-4-14-35-25/h3-8,13-16,20,22H,9-12,17,28H2,1-2H3,(H,29,31). The number of methoxy groups -OCH3 is 2. The van der Waals surface area contributed by atoms with Gasteiger partial charge < -0.3 is 25.4 Å². The van der Waals surface area contributed by atoms with Crippen LogP contribution in [0, 0.1) is 0 Å². The monoisotopic (exact) mass is 493 g/mol.